The lowest BCUT2D eigenvalue weighted by Crippen LogP contribution is -2.12. The number of carbonyl (C=O) groups excluding carboxylic acids is 1. The number of ketones is 1. The quantitative estimate of drug-likeness (QED) is 0.833. The van der Waals surface area contributed by atoms with Gasteiger partial charge < -0.3 is 9.84 Å². The monoisotopic (exact) mass is 292 g/mol. The minimum Gasteiger partial charge on any atom is -0.485 e. The Hall–Kier alpha value is -2.27. The number of hydrogen-bond acceptors (Lipinski definition) is 3. The van der Waals surface area contributed by atoms with Crippen molar-refractivity contribution < 1.29 is 23.4 Å². The SMILES string of the molecule is O=C(COc1ccc(CCO)cc1)c1ccc(F)c(F)c1. The van der Waals surface area contributed by atoms with Crippen molar-refractivity contribution in [1.29, 1.82) is 0 Å². The molecule has 0 fully saturated rings. The summed E-state index contributed by atoms with van der Waals surface area (Å²) in [6, 6.07) is 9.92. The first-order valence-corrected chi connectivity index (χ1v) is 6.41. The second-order valence-corrected chi connectivity index (χ2v) is 4.46. The van der Waals surface area contributed by atoms with Gasteiger partial charge in [0, 0.05) is 12.2 Å². The average Bonchev–Trinajstić information content (AvgIpc) is 2.49. The van der Waals surface area contributed by atoms with Crippen molar-refractivity contribution in [3.8, 4) is 5.75 Å². The largest absolute Gasteiger partial charge is 0.485 e. The van der Waals surface area contributed by atoms with Crippen LogP contribution in [0.4, 0.5) is 8.78 Å². The molecule has 0 saturated carbocycles. The van der Waals surface area contributed by atoms with Gasteiger partial charge >= 0.3 is 0 Å². The first-order chi connectivity index (χ1) is 10.1. The highest BCUT2D eigenvalue weighted by molar-refractivity contribution is 5.97. The third-order valence-corrected chi connectivity index (χ3v) is 2.94. The molecule has 1 N–H and O–H groups in total. The summed E-state index contributed by atoms with van der Waals surface area (Å²) in [6.07, 6.45) is 0.550. The van der Waals surface area contributed by atoms with Gasteiger partial charge in [-0.15, -0.1) is 0 Å². The molecule has 0 aliphatic rings. The van der Waals surface area contributed by atoms with Crippen molar-refractivity contribution in [3.63, 3.8) is 0 Å². The van der Waals surface area contributed by atoms with E-state index >= 15 is 0 Å². The van der Waals surface area contributed by atoms with Crippen LogP contribution in [0.15, 0.2) is 42.5 Å². The van der Waals surface area contributed by atoms with Crippen molar-refractivity contribution in [1.82, 2.24) is 0 Å². The van der Waals surface area contributed by atoms with E-state index in [0.29, 0.717) is 12.2 Å². The summed E-state index contributed by atoms with van der Waals surface area (Å²) >= 11 is 0. The molecule has 0 spiro atoms. The molecule has 3 nitrogen and oxygen atoms in total. The maximum atomic E-state index is 13.0. The van der Waals surface area contributed by atoms with Crippen LogP contribution in [-0.2, 0) is 6.42 Å². The van der Waals surface area contributed by atoms with Gasteiger partial charge in [0.2, 0.25) is 0 Å². The van der Waals surface area contributed by atoms with Crippen molar-refractivity contribution >= 4 is 5.78 Å². The van der Waals surface area contributed by atoms with Crippen molar-refractivity contribution in [2.75, 3.05) is 13.2 Å². The molecule has 2 rings (SSSR count). The fraction of sp³-hybridized carbons (Fsp3) is 0.188. The Balaban J connectivity index is 1.95. The molecule has 0 radical (unpaired) electrons. The number of hydrogen-bond donors (Lipinski definition) is 1. The van der Waals surface area contributed by atoms with Gasteiger partial charge in [-0.3, -0.25) is 4.79 Å². The molecule has 0 amide bonds. The van der Waals surface area contributed by atoms with Crippen LogP contribution in [0, 0.1) is 11.6 Å². The molecule has 0 heterocycles. The molecule has 0 bridgehead atoms. The zero-order chi connectivity index (χ0) is 15.2. The molecule has 0 aliphatic carbocycles. The second-order valence-electron chi connectivity index (χ2n) is 4.46. The van der Waals surface area contributed by atoms with Crippen molar-refractivity contribution in [3.05, 3.63) is 65.2 Å². The summed E-state index contributed by atoms with van der Waals surface area (Å²) in [5.41, 5.74) is 1.02. The standard InChI is InChI=1S/C16H14F2O3/c17-14-6-3-12(9-15(14)18)16(20)10-21-13-4-1-11(2-5-13)7-8-19/h1-6,9,19H,7-8,10H2. The number of carbonyl (C=O) groups is 1. The van der Waals surface area contributed by atoms with Gasteiger partial charge in [-0.05, 0) is 42.3 Å². The first kappa shape index (κ1) is 15.1. The Labute approximate surface area is 120 Å². The lowest BCUT2D eigenvalue weighted by molar-refractivity contribution is 0.0921. The van der Waals surface area contributed by atoms with Gasteiger partial charge in [0.1, 0.15) is 5.75 Å². The summed E-state index contributed by atoms with van der Waals surface area (Å²) in [5, 5.41) is 8.80. The summed E-state index contributed by atoms with van der Waals surface area (Å²) in [7, 11) is 0. The Bertz CT molecular complexity index is 624. The van der Waals surface area contributed by atoms with E-state index in [-0.39, 0.29) is 18.8 Å². The molecule has 0 aromatic heterocycles. The number of halogens is 2. The highest BCUT2D eigenvalue weighted by Crippen LogP contribution is 2.14. The van der Waals surface area contributed by atoms with Crippen molar-refractivity contribution in [2.45, 2.75) is 6.42 Å². The number of aliphatic hydroxyl groups excluding tert-OH is 1. The zero-order valence-corrected chi connectivity index (χ0v) is 11.2. The lowest BCUT2D eigenvalue weighted by Gasteiger charge is -2.07. The van der Waals surface area contributed by atoms with Crippen LogP contribution in [-0.4, -0.2) is 24.1 Å². The van der Waals surface area contributed by atoms with E-state index in [1.807, 2.05) is 0 Å². The second kappa shape index (κ2) is 6.95. The smallest absolute Gasteiger partial charge is 0.200 e. The average molecular weight is 292 g/mol. The van der Waals surface area contributed by atoms with Crippen LogP contribution in [0.25, 0.3) is 0 Å². The van der Waals surface area contributed by atoms with E-state index in [9.17, 15) is 13.6 Å². The Morgan fingerprint density at radius 2 is 1.76 bits per heavy atom. The van der Waals surface area contributed by atoms with Crippen molar-refractivity contribution in [2.24, 2.45) is 0 Å². The molecule has 0 unspecified atom stereocenters. The van der Waals surface area contributed by atoms with Gasteiger partial charge in [-0.25, -0.2) is 8.78 Å². The third kappa shape index (κ3) is 4.10. The Morgan fingerprint density at radius 3 is 2.38 bits per heavy atom. The Kier molecular flexibility index (Phi) is 5.00. The molecular formula is C16H14F2O3. The van der Waals surface area contributed by atoms with Crippen LogP contribution >= 0.6 is 0 Å². The number of rotatable bonds is 6. The van der Waals surface area contributed by atoms with Gasteiger partial charge in [-0.1, -0.05) is 12.1 Å². The van der Waals surface area contributed by atoms with Crippen LogP contribution < -0.4 is 4.74 Å². The van der Waals surface area contributed by atoms with Crippen LogP contribution in [0.2, 0.25) is 0 Å². The molecule has 0 aliphatic heterocycles. The molecule has 110 valence electrons. The predicted molar refractivity (Wildman–Crippen MR) is 73.4 cm³/mol. The van der Waals surface area contributed by atoms with E-state index in [4.69, 9.17) is 9.84 Å². The lowest BCUT2D eigenvalue weighted by atomic mass is 10.1. The highest BCUT2D eigenvalue weighted by Gasteiger charge is 2.10. The summed E-state index contributed by atoms with van der Waals surface area (Å²) in [6.45, 7) is -0.195. The maximum Gasteiger partial charge on any atom is 0.200 e. The van der Waals surface area contributed by atoms with Crippen LogP contribution in [0.1, 0.15) is 15.9 Å². The summed E-state index contributed by atoms with van der Waals surface area (Å²) in [5.74, 6) is -2.00. The van der Waals surface area contributed by atoms with Gasteiger partial charge in [0.05, 0.1) is 0 Å². The number of Topliss-reactive ketones (excluding diaryl/α,β-unsaturated/α-hetero) is 1. The molecule has 0 saturated heterocycles. The molecule has 2 aromatic rings. The van der Waals surface area contributed by atoms with Crippen LogP contribution in [0.3, 0.4) is 0 Å². The molecular weight excluding hydrogens is 278 g/mol. The Morgan fingerprint density at radius 1 is 1.05 bits per heavy atom. The molecule has 0 atom stereocenters. The van der Waals surface area contributed by atoms with E-state index in [2.05, 4.69) is 0 Å². The number of ether oxygens (including phenoxy) is 1. The zero-order valence-electron chi connectivity index (χ0n) is 11.2. The molecule has 21 heavy (non-hydrogen) atoms. The third-order valence-electron chi connectivity index (χ3n) is 2.94. The number of benzene rings is 2. The first-order valence-electron chi connectivity index (χ1n) is 6.41. The predicted octanol–water partition coefficient (Wildman–Crippen LogP) is 2.76. The van der Waals surface area contributed by atoms with E-state index in [1.54, 1.807) is 24.3 Å². The summed E-state index contributed by atoms with van der Waals surface area (Å²) in [4.78, 5) is 11.8. The molecule has 5 heteroatoms. The molecule has 2 aromatic carbocycles. The van der Waals surface area contributed by atoms with Gasteiger partial charge in [0.15, 0.2) is 24.0 Å². The number of aliphatic hydroxyl groups is 1. The summed E-state index contributed by atoms with van der Waals surface area (Å²) < 4.78 is 31.1. The highest BCUT2D eigenvalue weighted by atomic mass is 19.2. The van der Waals surface area contributed by atoms with Gasteiger partial charge in [-0.2, -0.15) is 0 Å². The van der Waals surface area contributed by atoms with E-state index < -0.39 is 17.4 Å². The fourth-order valence-corrected chi connectivity index (χ4v) is 1.78. The van der Waals surface area contributed by atoms with E-state index in [0.717, 1.165) is 17.7 Å². The topological polar surface area (TPSA) is 46.5 Å². The minimum absolute atomic E-state index is 0.0609. The fourth-order valence-electron chi connectivity index (χ4n) is 1.78. The van der Waals surface area contributed by atoms with Gasteiger partial charge in [0.25, 0.3) is 0 Å². The normalized spacial score (nSPS) is 10.4. The minimum atomic E-state index is -1.06. The van der Waals surface area contributed by atoms with Crippen LogP contribution in [0.5, 0.6) is 5.75 Å². The van der Waals surface area contributed by atoms with E-state index in [1.165, 1.54) is 6.07 Å². The maximum absolute atomic E-state index is 13.0.